The second-order valence-corrected chi connectivity index (χ2v) is 3.95. The van der Waals surface area contributed by atoms with Gasteiger partial charge in [-0.05, 0) is 11.6 Å². The second kappa shape index (κ2) is 5.78. The van der Waals surface area contributed by atoms with E-state index in [1.165, 1.54) is 6.08 Å². The predicted octanol–water partition coefficient (Wildman–Crippen LogP) is 3.02. The summed E-state index contributed by atoms with van der Waals surface area (Å²) in [7, 11) is 0. The highest BCUT2D eigenvalue weighted by atomic mass is 16.4. The molecule has 19 heavy (non-hydrogen) atoms. The molecule has 0 atom stereocenters. The van der Waals surface area contributed by atoms with Crippen LogP contribution in [0.3, 0.4) is 0 Å². The van der Waals surface area contributed by atoms with Crippen LogP contribution in [0.1, 0.15) is 21.5 Å². The Balaban J connectivity index is 2.40. The van der Waals surface area contributed by atoms with Gasteiger partial charge in [0, 0.05) is 17.2 Å². The van der Waals surface area contributed by atoms with Crippen molar-refractivity contribution in [2.45, 2.75) is 0 Å². The van der Waals surface area contributed by atoms with Crippen LogP contribution >= 0.6 is 0 Å². The molecule has 0 saturated carbocycles. The van der Waals surface area contributed by atoms with E-state index in [4.69, 9.17) is 5.11 Å². The first-order valence-electron chi connectivity index (χ1n) is 5.78. The molecular formula is C16H12O3. The maximum absolute atomic E-state index is 12.3. The van der Waals surface area contributed by atoms with Crippen LogP contribution in [0, 0.1) is 0 Å². The number of benzene rings is 2. The minimum Gasteiger partial charge on any atom is -0.478 e. The van der Waals surface area contributed by atoms with Crippen LogP contribution in [0.25, 0.3) is 6.08 Å². The molecule has 0 aliphatic heterocycles. The standard InChI is InChI=1S/C16H12O3/c17-15(18)11-10-12-6-4-5-9-14(12)16(19)13-7-2-1-3-8-13/h1-11H,(H,17,18). The van der Waals surface area contributed by atoms with Crippen molar-refractivity contribution in [3.63, 3.8) is 0 Å². The molecule has 3 nitrogen and oxygen atoms in total. The highest BCUT2D eigenvalue weighted by molar-refractivity contribution is 6.11. The maximum Gasteiger partial charge on any atom is 0.328 e. The molecule has 1 N–H and O–H groups in total. The van der Waals surface area contributed by atoms with E-state index in [0.29, 0.717) is 16.7 Å². The number of hydrogen-bond donors (Lipinski definition) is 1. The number of carbonyl (C=O) groups is 2. The monoisotopic (exact) mass is 252 g/mol. The van der Waals surface area contributed by atoms with Crippen LogP contribution < -0.4 is 0 Å². The molecule has 2 aromatic rings. The fourth-order valence-corrected chi connectivity index (χ4v) is 1.76. The van der Waals surface area contributed by atoms with Crippen molar-refractivity contribution in [2.24, 2.45) is 0 Å². The number of ketones is 1. The summed E-state index contributed by atoms with van der Waals surface area (Å²) in [5.74, 6) is -1.16. The number of hydrogen-bond acceptors (Lipinski definition) is 2. The van der Waals surface area contributed by atoms with E-state index in [0.717, 1.165) is 6.08 Å². The number of rotatable bonds is 4. The first-order chi connectivity index (χ1) is 9.18. The van der Waals surface area contributed by atoms with E-state index in [9.17, 15) is 9.59 Å². The van der Waals surface area contributed by atoms with E-state index >= 15 is 0 Å². The zero-order valence-electron chi connectivity index (χ0n) is 10.1. The number of carboxylic acid groups (broad SMARTS) is 1. The Kier molecular flexibility index (Phi) is 3.88. The van der Waals surface area contributed by atoms with Gasteiger partial charge in [-0.2, -0.15) is 0 Å². The van der Waals surface area contributed by atoms with Crippen molar-refractivity contribution >= 4 is 17.8 Å². The molecule has 0 heterocycles. The first kappa shape index (κ1) is 12.8. The number of carbonyl (C=O) groups excluding carboxylic acids is 1. The van der Waals surface area contributed by atoms with E-state index in [1.54, 1.807) is 48.5 Å². The van der Waals surface area contributed by atoms with E-state index < -0.39 is 5.97 Å². The van der Waals surface area contributed by atoms with Crippen LogP contribution in [-0.2, 0) is 4.79 Å². The molecule has 0 bridgehead atoms. The highest BCUT2D eigenvalue weighted by Crippen LogP contribution is 2.16. The topological polar surface area (TPSA) is 54.4 Å². The molecule has 2 aromatic carbocycles. The van der Waals surface area contributed by atoms with Crippen molar-refractivity contribution in [3.05, 3.63) is 77.4 Å². The third-order valence-corrected chi connectivity index (χ3v) is 2.65. The molecule has 0 unspecified atom stereocenters. The van der Waals surface area contributed by atoms with Gasteiger partial charge in [0.25, 0.3) is 0 Å². The minimum atomic E-state index is -1.04. The van der Waals surface area contributed by atoms with Crippen molar-refractivity contribution in [2.75, 3.05) is 0 Å². The largest absolute Gasteiger partial charge is 0.478 e. The van der Waals surface area contributed by atoms with Crippen molar-refractivity contribution < 1.29 is 14.7 Å². The molecule has 0 fully saturated rings. The summed E-state index contributed by atoms with van der Waals surface area (Å²) in [5, 5.41) is 8.65. The molecule has 0 spiro atoms. The summed E-state index contributed by atoms with van der Waals surface area (Å²) >= 11 is 0. The Bertz CT molecular complexity index is 627. The Morgan fingerprint density at radius 3 is 2.21 bits per heavy atom. The summed E-state index contributed by atoms with van der Waals surface area (Å²) in [6.07, 6.45) is 2.45. The van der Waals surface area contributed by atoms with Gasteiger partial charge in [0.1, 0.15) is 0 Å². The van der Waals surface area contributed by atoms with Gasteiger partial charge in [0.05, 0.1) is 0 Å². The lowest BCUT2D eigenvalue weighted by Gasteiger charge is -2.04. The van der Waals surface area contributed by atoms with E-state index in [1.807, 2.05) is 6.07 Å². The van der Waals surface area contributed by atoms with E-state index in [2.05, 4.69) is 0 Å². The molecule has 2 rings (SSSR count). The van der Waals surface area contributed by atoms with Gasteiger partial charge in [-0.25, -0.2) is 4.79 Å². The van der Waals surface area contributed by atoms with Gasteiger partial charge in [-0.3, -0.25) is 4.79 Å². The van der Waals surface area contributed by atoms with Crippen LogP contribution in [0.2, 0.25) is 0 Å². The molecule has 94 valence electrons. The van der Waals surface area contributed by atoms with Crippen LogP contribution in [0.5, 0.6) is 0 Å². The SMILES string of the molecule is O=C(O)C=Cc1ccccc1C(=O)c1ccccc1. The van der Waals surface area contributed by atoms with Gasteiger partial charge < -0.3 is 5.11 Å². The lowest BCUT2D eigenvalue weighted by atomic mass is 9.98. The molecule has 3 heteroatoms. The normalized spacial score (nSPS) is 10.5. The van der Waals surface area contributed by atoms with Crippen molar-refractivity contribution in [1.29, 1.82) is 0 Å². The third kappa shape index (κ3) is 3.16. The Morgan fingerprint density at radius 1 is 0.895 bits per heavy atom. The molecule has 0 radical (unpaired) electrons. The highest BCUT2D eigenvalue weighted by Gasteiger charge is 2.11. The predicted molar refractivity (Wildman–Crippen MR) is 73.0 cm³/mol. The molecule has 0 aromatic heterocycles. The van der Waals surface area contributed by atoms with E-state index in [-0.39, 0.29) is 5.78 Å². The van der Waals surface area contributed by atoms with Gasteiger partial charge in [0.2, 0.25) is 0 Å². The Labute approximate surface area is 110 Å². The number of aliphatic carboxylic acids is 1. The lowest BCUT2D eigenvalue weighted by Crippen LogP contribution is -2.03. The molecule has 0 amide bonds. The molecule has 0 aliphatic carbocycles. The summed E-state index contributed by atoms with van der Waals surface area (Å²) in [5.41, 5.74) is 1.67. The van der Waals surface area contributed by atoms with Gasteiger partial charge in [-0.1, -0.05) is 54.6 Å². The summed E-state index contributed by atoms with van der Waals surface area (Å²) in [6.45, 7) is 0. The van der Waals surface area contributed by atoms with Gasteiger partial charge >= 0.3 is 5.97 Å². The zero-order valence-corrected chi connectivity index (χ0v) is 10.1. The average Bonchev–Trinajstić information content (AvgIpc) is 2.45. The van der Waals surface area contributed by atoms with Crippen LogP contribution in [0.4, 0.5) is 0 Å². The minimum absolute atomic E-state index is 0.119. The molecular weight excluding hydrogens is 240 g/mol. The van der Waals surface area contributed by atoms with Crippen LogP contribution in [0.15, 0.2) is 60.7 Å². The molecule has 0 aliphatic rings. The number of carboxylic acids is 1. The third-order valence-electron chi connectivity index (χ3n) is 2.65. The van der Waals surface area contributed by atoms with Gasteiger partial charge in [0.15, 0.2) is 5.78 Å². The zero-order chi connectivity index (χ0) is 13.7. The maximum atomic E-state index is 12.3. The summed E-state index contributed by atoms with van der Waals surface area (Å²) in [6, 6.07) is 15.8. The van der Waals surface area contributed by atoms with Crippen molar-refractivity contribution in [1.82, 2.24) is 0 Å². The van der Waals surface area contributed by atoms with Crippen molar-refractivity contribution in [3.8, 4) is 0 Å². The Hall–Kier alpha value is -2.68. The van der Waals surface area contributed by atoms with Gasteiger partial charge in [-0.15, -0.1) is 0 Å². The average molecular weight is 252 g/mol. The first-order valence-corrected chi connectivity index (χ1v) is 5.78. The summed E-state index contributed by atoms with van der Waals surface area (Å²) < 4.78 is 0. The quantitative estimate of drug-likeness (QED) is 0.672. The Morgan fingerprint density at radius 2 is 1.53 bits per heavy atom. The fraction of sp³-hybridized carbons (Fsp3) is 0. The smallest absolute Gasteiger partial charge is 0.328 e. The second-order valence-electron chi connectivity index (χ2n) is 3.95. The fourth-order valence-electron chi connectivity index (χ4n) is 1.76. The molecule has 0 saturated heterocycles. The lowest BCUT2D eigenvalue weighted by molar-refractivity contribution is -0.131. The summed E-state index contributed by atoms with van der Waals surface area (Å²) in [4.78, 5) is 22.9. The van der Waals surface area contributed by atoms with Crippen LogP contribution in [-0.4, -0.2) is 16.9 Å².